The average molecular weight is 352 g/mol. The van der Waals surface area contributed by atoms with Crippen molar-refractivity contribution < 1.29 is 0 Å². The summed E-state index contributed by atoms with van der Waals surface area (Å²) in [5.74, 6) is 0.473. The number of hydrogen-bond donors (Lipinski definition) is 1. The largest absolute Gasteiger partial charge is 0.308 e. The third kappa shape index (κ3) is 2.34. The van der Waals surface area contributed by atoms with E-state index in [-0.39, 0.29) is 17.7 Å². The lowest BCUT2D eigenvalue weighted by Gasteiger charge is -2.07. The van der Waals surface area contributed by atoms with E-state index in [1.807, 2.05) is 5.38 Å². The summed E-state index contributed by atoms with van der Waals surface area (Å²) in [7, 11) is 0. The number of thiophene rings is 1. The molecule has 0 atom stereocenters. The molecular weight excluding hydrogens is 342 g/mol. The predicted molar refractivity (Wildman–Crippen MR) is 82.5 cm³/mol. The molecule has 7 heteroatoms. The molecule has 102 valence electrons. The van der Waals surface area contributed by atoms with Crippen LogP contribution in [0.4, 0.5) is 0 Å². The molecule has 3 aromatic heterocycles. The average Bonchev–Trinajstić information content (AvgIpc) is 2.84. The number of aromatic amines is 1. The lowest BCUT2D eigenvalue weighted by Crippen LogP contribution is -2.24. The third-order valence-electron chi connectivity index (χ3n) is 2.92. The quantitative estimate of drug-likeness (QED) is 0.769. The van der Waals surface area contributed by atoms with Crippen molar-refractivity contribution in [2.24, 2.45) is 0 Å². The van der Waals surface area contributed by atoms with Gasteiger partial charge in [0.2, 0.25) is 0 Å². The highest BCUT2D eigenvalue weighted by Crippen LogP contribution is 2.14. The van der Waals surface area contributed by atoms with Crippen LogP contribution in [0.3, 0.4) is 0 Å². The number of aryl methyl sites for hydroxylation is 1. The molecule has 1 N–H and O–H groups in total. The first kappa shape index (κ1) is 13.3. The smallest absolute Gasteiger partial charge is 0.268 e. The fraction of sp³-hybridized carbons (Fsp3) is 0.154. The fourth-order valence-corrected chi connectivity index (χ4v) is 3.33. The Bertz CT molecular complexity index is 910. The number of H-pyrrole nitrogens is 1. The van der Waals surface area contributed by atoms with Gasteiger partial charge in [0.1, 0.15) is 10.5 Å². The number of hydrogen-bond acceptors (Lipinski definition) is 4. The molecule has 20 heavy (non-hydrogen) atoms. The van der Waals surface area contributed by atoms with E-state index in [0.717, 1.165) is 4.47 Å². The van der Waals surface area contributed by atoms with E-state index >= 15 is 0 Å². The maximum atomic E-state index is 12.0. The molecule has 0 unspecified atom stereocenters. The molecule has 3 aromatic rings. The molecular formula is C13H10BrN3O2S. The Morgan fingerprint density at radius 2 is 2.25 bits per heavy atom. The van der Waals surface area contributed by atoms with Gasteiger partial charge in [0.05, 0.1) is 12.1 Å². The molecule has 0 radical (unpaired) electrons. The van der Waals surface area contributed by atoms with Crippen LogP contribution in [0.15, 0.2) is 37.8 Å². The van der Waals surface area contributed by atoms with Gasteiger partial charge in [-0.25, -0.2) is 4.98 Å². The van der Waals surface area contributed by atoms with E-state index in [4.69, 9.17) is 0 Å². The van der Waals surface area contributed by atoms with E-state index in [0.29, 0.717) is 21.6 Å². The summed E-state index contributed by atoms with van der Waals surface area (Å²) in [6, 6.07) is 3.56. The van der Waals surface area contributed by atoms with Crippen LogP contribution in [0.1, 0.15) is 11.4 Å². The minimum Gasteiger partial charge on any atom is -0.308 e. The second kappa shape index (κ2) is 4.99. The first-order valence-corrected chi connectivity index (χ1v) is 7.55. The first-order chi connectivity index (χ1) is 9.54. The normalized spacial score (nSPS) is 11.1. The van der Waals surface area contributed by atoms with Gasteiger partial charge in [0.25, 0.3) is 11.1 Å². The number of rotatable bonds is 2. The van der Waals surface area contributed by atoms with Crippen LogP contribution in [0, 0.1) is 6.92 Å². The van der Waals surface area contributed by atoms with Gasteiger partial charge in [-0.15, -0.1) is 11.3 Å². The Hall–Kier alpha value is -1.73. The molecule has 0 aliphatic heterocycles. The Labute approximate surface area is 126 Å². The number of fused-ring (bicyclic) bond motifs is 1. The summed E-state index contributed by atoms with van der Waals surface area (Å²) in [5.41, 5.74) is 1.04. The standard InChI is InChI=1S/C13H10BrN3O2S/c1-7-4-8(14)5-17(13(7)19)6-10-15-9-2-3-20-11(9)12(18)16-10/h2-5H,6H2,1H3,(H,15,16,18). The zero-order valence-corrected chi connectivity index (χ0v) is 12.9. The van der Waals surface area contributed by atoms with Gasteiger partial charge < -0.3 is 9.55 Å². The maximum absolute atomic E-state index is 12.0. The second-order valence-corrected chi connectivity index (χ2v) is 6.25. The summed E-state index contributed by atoms with van der Waals surface area (Å²) in [6.45, 7) is 1.99. The molecule has 0 aliphatic carbocycles. The molecule has 0 saturated heterocycles. The van der Waals surface area contributed by atoms with Crippen molar-refractivity contribution in [2.75, 3.05) is 0 Å². The molecule has 0 aliphatic rings. The summed E-state index contributed by atoms with van der Waals surface area (Å²) in [5, 5.41) is 1.83. The van der Waals surface area contributed by atoms with Crippen LogP contribution >= 0.6 is 27.3 Å². The van der Waals surface area contributed by atoms with Crippen molar-refractivity contribution in [2.45, 2.75) is 13.5 Å². The molecule has 0 amide bonds. The van der Waals surface area contributed by atoms with Gasteiger partial charge in [-0.3, -0.25) is 9.59 Å². The summed E-state index contributed by atoms with van der Waals surface area (Å²) in [4.78, 5) is 31.0. The van der Waals surface area contributed by atoms with Crippen LogP contribution in [-0.2, 0) is 6.54 Å². The Kier molecular flexibility index (Phi) is 3.31. The van der Waals surface area contributed by atoms with Crippen LogP contribution in [0.2, 0.25) is 0 Å². The van der Waals surface area contributed by atoms with Gasteiger partial charge in [-0.2, -0.15) is 0 Å². The minimum atomic E-state index is -0.167. The van der Waals surface area contributed by atoms with Crippen molar-refractivity contribution in [3.8, 4) is 0 Å². The van der Waals surface area contributed by atoms with Crippen LogP contribution < -0.4 is 11.1 Å². The van der Waals surface area contributed by atoms with Gasteiger partial charge in [0, 0.05) is 16.2 Å². The topological polar surface area (TPSA) is 67.8 Å². The number of nitrogens with zero attached hydrogens (tertiary/aromatic N) is 2. The predicted octanol–water partition coefficient (Wildman–Crippen LogP) is 2.27. The van der Waals surface area contributed by atoms with E-state index < -0.39 is 0 Å². The Morgan fingerprint density at radius 3 is 3.05 bits per heavy atom. The monoisotopic (exact) mass is 351 g/mol. The second-order valence-electron chi connectivity index (χ2n) is 4.42. The summed E-state index contributed by atoms with van der Waals surface area (Å²) >= 11 is 4.71. The van der Waals surface area contributed by atoms with E-state index in [1.165, 1.54) is 15.9 Å². The third-order valence-corrected chi connectivity index (χ3v) is 4.25. The number of halogens is 1. The van der Waals surface area contributed by atoms with Crippen molar-refractivity contribution in [3.05, 3.63) is 60.3 Å². The number of pyridine rings is 1. The molecule has 5 nitrogen and oxygen atoms in total. The molecule has 0 aromatic carbocycles. The van der Waals surface area contributed by atoms with E-state index in [9.17, 15) is 9.59 Å². The summed E-state index contributed by atoms with van der Waals surface area (Å²) in [6.07, 6.45) is 1.69. The molecule has 0 fully saturated rings. The summed E-state index contributed by atoms with van der Waals surface area (Å²) < 4.78 is 2.94. The highest BCUT2D eigenvalue weighted by molar-refractivity contribution is 9.10. The molecule has 0 saturated carbocycles. The Balaban J connectivity index is 2.10. The first-order valence-electron chi connectivity index (χ1n) is 5.87. The molecule has 3 heterocycles. The van der Waals surface area contributed by atoms with Crippen LogP contribution in [0.5, 0.6) is 0 Å². The number of nitrogens with one attached hydrogen (secondary N) is 1. The van der Waals surface area contributed by atoms with Gasteiger partial charge >= 0.3 is 0 Å². The fourth-order valence-electron chi connectivity index (χ4n) is 2.02. The zero-order chi connectivity index (χ0) is 14.3. The van der Waals surface area contributed by atoms with Crippen LogP contribution in [0.25, 0.3) is 10.2 Å². The van der Waals surface area contributed by atoms with E-state index in [2.05, 4.69) is 25.9 Å². The highest BCUT2D eigenvalue weighted by atomic mass is 79.9. The molecule has 0 bridgehead atoms. The Morgan fingerprint density at radius 1 is 1.45 bits per heavy atom. The molecule has 0 spiro atoms. The van der Waals surface area contributed by atoms with Gasteiger partial charge in [-0.1, -0.05) is 0 Å². The maximum Gasteiger partial charge on any atom is 0.268 e. The minimum absolute atomic E-state index is 0.0961. The lowest BCUT2D eigenvalue weighted by atomic mass is 10.3. The highest BCUT2D eigenvalue weighted by Gasteiger charge is 2.08. The van der Waals surface area contributed by atoms with Gasteiger partial charge in [-0.05, 0) is 40.4 Å². The number of aromatic nitrogens is 3. The lowest BCUT2D eigenvalue weighted by molar-refractivity contribution is 0.708. The van der Waals surface area contributed by atoms with Crippen molar-refractivity contribution >= 4 is 37.5 Å². The van der Waals surface area contributed by atoms with Crippen molar-refractivity contribution in [1.82, 2.24) is 14.5 Å². The van der Waals surface area contributed by atoms with E-state index in [1.54, 1.807) is 25.3 Å². The van der Waals surface area contributed by atoms with Crippen LogP contribution in [-0.4, -0.2) is 14.5 Å². The zero-order valence-electron chi connectivity index (χ0n) is 10.5. The van der Waals surface area contributed by atoms with Gasteiger partial charge in [0.15, 0.2) is 0 Å². The van der Waals surface area contributed by atoms with Crippen molar-refractivity contribution in [1.29, 1.82) is 0 Å². The van der Waals surface area contributed by atoms with Crippen molar-refractivity contribution in [3.63, 3.8) is 0 Å². The molecule has 3 rings (SSSR count). The SMILES string of the molecule is Cc1cc(Br)cn(Cc2nc3ccsc3c(=O)[nH]2)c1=O.